The average Bonchev–Trinajstić information content (AvgIpc) is 3.64. The molecule has 2 fully saturated rings. The molecule has 2 aliphatic rings. The lowest BCUT2D eigenvalue weighted by Gasteiger charge is -2.23. The number of anilines is 1. The van der Waals surface area contributed by atoms with Gasteiger partial charge in [-0.25, -0.2) is 14.6 Å². The summed E-state index contributed by atoms with van der Waals surface area (Å²) in [7, 11) is 0. The molecule has 1 aromatic carbocycles. The number of aliphatic hydroxyl groups is 1. The summed E-state index contributed by atoms with van der Waals surface area (Å²) in [5.41, 5.74) is 4.46. The van der Waals surface area contributed by atoms with Gasteiger partial charge in [0.15, 0.2) is 0 Å². The van der Waals surface area contributed by atoms with Crippen molar-refractivity contribution in [2.75, 3.05) is 18.5 Å². The summed E-state index contributed by atoms with van der Waals surface area (Å²) >= 11 is 0. The molecule has 3 aromatic heterocycles. The van der Waals surface area contributed by atoms with Crippen molar-refractivity contribution >= 4 is 5.95 Å². The van der Waals surface area contributed by atoms with Crippen LogP contribution in [0.1, 0.15) is 55.5 Å². The molecule has 1 aliphatic carbocycles. The zero-order valence-corrected chi connectivity index (χ0v) is 21.8. The average molecular weight is 522 g/mol. The number of ether oxygens (including phenoxy) is 1. The second-order valence-corrected chi connectivity index (χ2v) is 10.3. The van der Waals surface area contributed by atoms with E-state index >= 15 is 0 Å². The first-order valence-electron chi connectivity index (χ1n) is 13.5. The summed E-state index contributed by atoms with van der Waals surface area (Å²) in [6, 6.07) is 15.7. The molecule has 0 radical (unpaired) electrons. The van der Waals surface area contributed by atoms with Gasteiger partial charge in [-0.1, -0.05) is 42.2 Å². The molecule has 0 bridgehead atoms. The molecule has 0 atom stereocenters. The van der Waals surface area contributed by atoms with E-state index in [0.29, 0.717) is 23.9 Å². The van der Waals surface area contributed by atoms with Crippen molar-refractivity contribution in [1.29, 1.82) is 0 Å². The minimum absolute atomic E-state index is 0.239. The van der Waals surface area contributed by atoms with Gasteiger partial charge in [-0.3, -0.25) is 4.98 Å². The van der Waals surface area contributed by atoms with E-state index < -0.39 is 5.60 Å². The number of aromatic nitrogens is 6. The largest absolute Gasteiger partial charge is 0.384 e. The molecule has 9 nitrogen and oxygen atoms in total. The Kier molecular flexibility index (Phi) is 7.05. The van der Waals surface area contributed by atoms with Crippen molar-refractivity contribution in [2.24, 2.45) is 0 Å². The van der Waals surface area contributed by atoms with Crippen LogP contribution in [0.5, 0.6) is 0 Å². The topological polar surface area (TPSA) is 111 Å². The number of terminal acetylenes is 1. The van der Waals surface area contributed by atoms with Gasteiger partial charge in [-0.2, -0.15) is 0 Å². The van der Waals surface area contributed by atoms with Gasteiger partial charge in [0, 0.05) is 30.4 Å². The van der Waals surface area contributed by atoms with Crippen LogP contribution in [0.25, 0.3) is 22.6 Å². The summed E-state index contributed by atoms with van der Waals surface area (Å²) in [5.74, 6) is 3.23. The second-order valence-electron chi connectivity index (χ2n) is 10.3. The van der Waals surface area contributed by atoms with E-state index in [1.54, 1.807) is 4.68 Å². The minimum atomic E-state index is -0.828. The summed E-state index contributed by atoms with van der Waals surface area (Å²) in [6.45, 7) is 1.87. The Labute approximate surface area is 227 Å². The number of nitrogens with one attached hydrogen (secondary N) is 1. The van der Waals surface area contributed by atoms with Gasteiger partial charge >= 0.3 is 0 Å². The van der Waals surface area contributed by atoms with Crippen LogP contribution in [0.15, 0.2) is 54.7 Å². The Bertz CT molecular complexity index is 1500. The van der Waals surface area contributed by atoms with Gasteiger partial charge in [0.25, 0.3) is 0 Å². The summed E-state index contributed by atoms with van der Waals surface area (Å²) in [5, 5.41) is 23.2. The van der Waals surface area contributed by atoms with Crippen molar-refractivity contribution in [3.05, 3.63) is 71.7 Å². The van der Waals surface area contributed by atoms with Crippen molar-refractivity contribution in [3.63, 3.8) is 0 Å². The highest BCUT2D eigenvalue weighted by Crippen LogP contribution is 2.37. The first-order valence-corrected chi connectivity index (χ1v) is 13.5. The van der Waals surface area contributed by atoms with Gasteiger partial charge in [0.2, 0.25) is 5.95 Å². The highest BCUT2D eigenvalue weighted by Gasteiger charge is 2.34. The van der Waals surface area contributed by atoms with Crippen LogP contribution in [0.3, 0.4) is 0 Å². The second kappa shape index (κ2) is 10.9. The SMILES string of the molecule is C#Cc1cccc(-c2cc(-c3cn(Cc4cccc(C5(O)CCCC5)n4)nn3)nc(NC3CCOCC3)n2)c1. The minimum Gasteiger partial charge on any atom is -0.384 e. The fraction of sp³-hybridized carbons (Fsp3) is 0.367. The lowest BCUT2D eigenvalue weighted by Crippen LogP contribution is -2.28. The normalized spacial score (nSPS) is 17.1. The summed E-state index contributed by atoms with van der Waals surface area (Å²) in [6.07, 6.45) is 12.8. The van der Waals surface area contributed by atoms with Crippen molar-refractivity contribution in [2.45, 2.75) is 56.7 Å². The number of pyridine rings is 1. The van der Waals surface area contributed by atoms with E-state index in [-0.39, 0.29) is 6.04 Å². The first kappa shape index (κ1) is 25.2. The van der Waals surface area contributed by atoms with Gasteiger partial charge in [0.1, 0.15) is 11.3 Å². The third-order valence-electron chi connectivity index (χ3n) is 7.45. The molecule has 198 valence electrons. The summed E-state index contributed by atoms with van der Waals surface area (Å²) in [4.78, 5) is 14.4. The lowest BCUT2D eigenvalue weighted by atomic mass is 9.97. The molecule has 1 saturated carbocycles. The lowest BCUT2D eigenvalue weighted by molar-refractivity contribution is 0.0397. The molecule has 0 spiro atoms. The molecule has 1 saturated heterocycles. The Hall–Kier alpha value is -4.13. The first-order chi connectivity index (χ1) is 19.1. The van der Waals surface area contributed by atoms with E-state index in [9.17, 15) is 5.11 Å². The molecule has 4 heterocycles. The number of rotatable bonds is 7. The molecule has 0 unspecified atom stereocenters. The molecule has 0 amide bonds. The maximum Gasteiger partial charge on any atom is 0.224 e. The molecule has 39 heavy (non-hydrogen) atoms. The van der Waals surface area contributed by atoms with Crippen molar-refractivity contribution in [3.8, 4) is 35.0 Å². The van der Waals surface area contributed by atoms with E-state index in [0.717, 1.165) is 79.9 Å². The van der Waals surface area contributed by atoms with Gasteiger partial charge < -0.3 is 15.2 Å². The molecule has 4 aromatic rings. The Balaban J connectivity index is 1.29. The van der Waals surface area contributed by atoms with Gasteiger partial charge in [0.05, 0.1) is 35.5 Å². The summed E-state index contributed by atoms with van der Waals surface area (Å²) < 4.78 is 7.25. The predicted octanol–water partition coefficient (Wildman–Crippen LogP) is 4.18. The predicted molar refractivity (Wildman–Crippen MR) is 148 cm³/mol. The third-order valence-corrected chi connectivity index (χ3v) is 7.45. The fourth-order valence-corrected chi connectivity index (χ4v) is 5.29. The van der Waals surface area contributed by atoms with E-state index in [4.69, 9.17) is 26.1 Å². The standard InChI is InChI=1S/C30H31N7O2/c1-2-21-7-5-8-22(17-21)25-18-26(34-29(33-25)32-23-11-15-39-16-12-23)27-20-37(36-35-27)19-24-9-6-10-28(31-24)30(38)13-3-4-14-30/h1,5-10,17-18,20,23,38H,3-4,11-16,19H2,(H,32,33,34). The van der Waals surface area contributed by atoms with Crippen LogP contribution in [0.2, 0.25) is 0 Å². The molecular weight excluding hydrogens is 490 g/mol. The van der Waals surface area contributed by atoms with E-state index in [2.05, 4.69) is 21.5 Å². The quantitative estimate of drug-likeness (QED) is 0.349. The molecular formula is C30H31N7O2. The maximum atomic E-state index is 11.0. The monoisotopic (exact) mass is 521 g/mol. The maximum absolute atomic E-state index is 11.0. The fourth-order valence-electron chi connectivity index (χ4n) is 5.29. The van der Waals surface area contributed by atoms with E-state index in [1.807, 2.05) is 54.7 Å². The smallest absolute Gasteiger partial charge is 0.224 e. The number of nitrogens with zero attached hydrogens (tertiary/aromatic N) is 6. The number of hydrogen-bond donors (Lipinski definition) is 2. The molecule has 2 N–H and O–H groups in total. The third kappa shape index (κ3) is 5.67. The highest BCUT2D eigenvalue weighted by molar-refractivity contribution is 5.68. The van der Waals surface area contributed by atoms with Crippen LogP contribution in [-0.2, 0) is 16.9 Å². The zero-order valence-electron chi connectivity index (χ0n) is 21.8. The van der Waals surface area contributed by atoms with Crippen LogP contribution in [-0.4, -0.2) is 54.3 Å². The molecule has 6 rings (SSSR count). The van der Waals surface area contributed by atoms with Crippen LogP contribution < -0.4 is 5.32 Å². The Morgan fingerprint density at radius 1 is 1.00 bits per heavy atom. The molecule has 9 heteroatoms. The van der Waals surface area contributed by atoms with Crippen molar-refractivity contribution < 1.29 is 9.84 Å². The zero-order chi connectivity index (χ0) is 26.7. The van der Waals surface area contributed by atoms with Crippen LogP contribution in [0, 0.1) is 12.3 Å². The van der Waals surface area contributed by atoms with E-state index in [1.165, 1.54) is 0 Å². The van der Waals surface area contributed by atoms with Crippen LogP contribution >= 0.6 is 0 Å². The van der Waals surface area contributed by atoms with Crippen LogP contribution in [0.4, 0.5) is 5.95 Å². The van der Waals surface area contributed by atoms with Gasteiger partial charge in [-0.15, -0.1) is 11.5 Å². The Morgan fingerprint density at radius 3 is 2.62 bits per heavy atom. The number of benzene rings is 1. The highest BCUT2D eigenvalue weighted by atomic mass is 16.5. The molecule has 1 aliphatic heterocycles. The Morgan fingerprint density at radius 2 is 1.79 bits per heavy atom. The number of hydrogen-bond acceptors (Lipinski definition) is 8. The van der Waals surface area contributed by atoms with Gasteiger partial charge in [-0.05, 0) is 56.0 Å². The van der Waals surface area contributed by atoms with Crippen molar-refractivity contribution in [1.82, 2.24) is 29.9 Å².